The zero-order valence-electron chi connectivity index (χ0n) is 13.9. The summed E-state index contributed by atoms with van der Waals surface area (Å²) in [7, 11) is 0. The molecule has 7 heteroatoms. The van der Waals surface area contributed by atoms with Crippen LogP contribution in [-0.4, -0.2) is 46.5 Å². The van der Waals surface area contributed by atoms with E-state index in [9.17, 15) is 19.5 Å². The largest absolute Gasteiger partial charge is 0.484 e. The van der Waals surface area contributed by atoms with Crippen molar-refractivity contribution in [3.8, 4) is 5.75 Å². The molecule has 1 saturated carbocycles. The van der Waals surface area contributed by atoms with E-state index >= 15 is 0 Å². The zero-order valence-corrected chi connectivity index (χ0v) is 13.9. The molecule has 0 aromatic heterocycles. The fourth-order valence-corrected chi connectivity index (χ4v) is 4.00. The standard InChI is InChI=1S/C18H22N2O5/c19-16(21)10-25-13-6-3-5-12(8-13)17(22)20-14-7-2-1-4-11(14)9-15(20)18(23)24/h3,5-6,8,11,14-15H,1-2,4,7,9-10H2,(H2,19,21)(H,23,24). The smallest absolute Gasteiger partial charge is 0.326 e. The Morgan fingerprint density at radius 3 is 2.72 bits per heavy atom. The molecule has 1 aliphatic carbocycles. The van der Waals surface area contributed by atoms with Crippen molar-refractivity contribution in [3.63, 3.8) is 0 Å². The Morgan fingerprint density at radius 1 is 1.24 bits per heavy atom. The van der Waals surface area contributed by atoms with Crippen LogP contribution in [0.15, 0.2) is 24.3 Å². The molecule has 3 atom stereocenters. The molecule has 134 valence electrons. The lowest BCUT2D eigenvalue weighted by molar-refractivity contribution is -0.141. The van der Waals surface area contributed by atoms with Crippen molar-refractivity contribution in [1.29, 1.82) is 0 Å². The predicted octanol–water partition coefficient (Wildman–Crippen LogP) is 1.41. The highest BCUT2D eigenvalue weighted by molar-refractivity contribution is 5.97. The number of likely N-dealkylation sites (tertiary alicyclic amines) is 1. The number of primary amides is 1. The summed E-state index contributed by atoms with van der Waals surface area (Å²) in [5, 5.41) is 9.56. The van der Waals surface area contributed by atoms with Gasteiger partial charge in [0, 0.05) is 11.6 Å². The summed E-state index contributed by atoms with van der Waals surface area (Å²) in [4.78, 5) is 37.1. The van der Waals surface area contributed by atoms with Crippen LogP contribution in [0.1, 0.15) is 42.5 Å². The maximum Gasteiger partial charge on any atom is 0.326 e. The minimum atomic E-state index is -0.955. The first-order valence-corrected chi connectivity index (χ1v) is 8.54. The van der Waals surface area contributed by atoms with Crippen molar-refractivity contribution in [2.45, 2.75) is 44.2 Å². The van der Waals surface area contributed by atoms with E-state index in [-0.39, 0.29) is 24.5 Å². The van der Waals surface area contributed by atoms with Gasteiger partial charge in [0.25, 0.3) is 11.8 Å². The Bertz CT molecular complexity index is 690. The van der Waals surface area contributed by atoms with Crippen molar-refractivity contribution in [2.24, 2.45) is 11.7 Å². The Kier molecular flexibility index (Phi) is 4.92. The van der Waals surface area contributed by atoms with Gasteiger partial charge in [0.05, 0.1) is 0 Å². The van der Waals surface area contributed by atoms with Crippen molar-refractivity contribution in [2.75, 3.05) is 6.61 Å². The van der Waals surface area contributed by atoms with Crippen molar-refractivity contribution < 1.29 is 24.2 Å². The molecule has 1 aromatic carbocycles. The van der Waals surface area contributed by atoms with Gasteiger partial charge in [0.2, 0.25) is 0 Å². The molecule has 3 unspecified atom stereocenters. The summed E-state index contributed by atoms with van der Waals surface area (Å²) in [6.45, 7) is -0.274. The molecule has 1 aromatic rings. The summed E-state index contributed by atoms with van der Waals surface area (Å²) in [6, 6.07) is 5.64. The first-order chi connectivity index (χ1) is 12.0. The molecule has 25 heavy (non-hydrogen) atoms. The molecule has 2 fully saturated rings. The van der Waals surface area contributed by atoms with Crippen LogP contribution >= 0.6 is 0 Å². The van der Waals surface area contributed by atoms with Gasteiger partial charge in [-0.15, -0.1) is 0 Å². The number of carboxylic acid groups (broad SMARTS) is 1. The number of carbonyl (C=O) groups is 3. The van der Waals surface area contributed by atoms with E-state index in [4.69, 9.17) is 10.5 Å². The first kappa shape index (κ1) is 17.3. The summed E-state index contributed by atoms with van der Waals surface area (Å²) in [5.41, 5.74) is 5.42. The van der Waals surface area contributed by atoms with E-state index in [0.29, 0.717) is 17.7 Å². The van der Waals surface area contributed by atoms with Crippen LogP contribution in [0.25, 0.3) is 0 Å². The second kappa shape index (κ2) is 7.13. The minimum Gasteiger partial charge on any atom is -0.484 e. The number of hydrogen-bond donors (Lipinski definition) is 2. The lowest BCUT2D eigenvalue weighted by Crippen LogP contribution is -2.46. The van der Waals surface area contributed by atoms with Gasteiger partial charge in [-0.2, -0.15) is 0 Å². The number of benzene rings is 1. The van der Waals surface area contributed by atoms with E-state index in [1.165, 1.54) is 6.07 Å². The van der Waals surface area contributed by atoms with Crippen molar-refractivity contribution >= 4 is 17.8 Å². The number of fused-ring (bicyclic) bond motifs is 1. The highest BCUT2D eigenvalue weighted by atomic mass is 16.5. The average molecular weight is 346 g/mol. The van der Waals surface area contributed by atoms with E-state index in [1.807, 2.05) is 0 Å². The van der Waals surface area contributed by atoms with Crippen LogP contribution in [0.2, 0.25) is 0 Å². The van der Waals surface area contributed by atoms with Crippen molar-refractivity contribution in [1.82, 2.24) is 4.90 Å². The van der Waals surface area contributed by atoms with Gasteiger partial charge in [-0.25, -0.2) is 4.79 Å². The highest BCUT2D eigenvalue weighted by Gasteiger charge is 2.47. The molecule has 3 rings (SSSR count). The average Bonchev–Trinajstić information content (AvgIpc) is 2.99. The zero-order chi connectivity index (χ0) is 18.0. The number of ether oxygens (including phenoxy) is 1. The van der Waals surface area contributed by atoms with Gasteiger partial charge in [-0.1, -0.05) is 18.9 Å². The summed E-state index contributed by atoms with van der Waals surface area (Å²) >= 11 is 0. The molecule has 0 radical (unpaired) electrons. The molecule has 3 N–H and O–H groups in total. The van der Waals surface area contributed by atoms with E-state index in [0.717, 1.165) is 25.7 Å². The Hall–Kier alpha value is -2.57. The second-order valence-corrected chi connectivity index (χ2v) is 6.70. The fourth-order valence-electron chi connectivity index (χ4n) is 4.00. The van der Waals surface area contributed by atoms with Gasteiger partial charge in [0.15, 0.2) is 6.61 Å². The molecule has 0 spiro atoms. The van der Waals surface area contributed by atoms with Gasteiger partial charge < -0.3 is 20.5 Å². The van der Waals surface area contributed by atoms with Crippen LogP contribution in [0, 0.1) is 5.92 Å². The molecule has 2 aliphatic rings. The number of amides is 2. The maximum absolute atomic E-state index is 13.0. The third kappa shape index (κ3) is 3.60. The second-order valence-electron chi connectivity index (χ2n) is 6.70. The lowest BCUT2D eigenvalue weighted by atomic mass is 9.84. The minimum absolute atomic E-state index is 0.0162. The Labute approximate surface area is 145 Å². The van der Waals surface area contributed by atoms with E-state index < -0.39 is 17.9 Å². The lowest BCUT2D eigenvalue weighted by Gasteiger charge is -2.33. The third-order valence-corrected chi connectivity index (χ3v) is 5.07. The third-order valence-electron chi connectivity index (χ3n) is 5.07. The SMILES string of the molecule is NC(=O)COc1cccc(C(=O)N2C(C(=O)O)CC3CCCCC32)c1. The molecule has 1 aliphatic heterocycles. The van der Waals surface area contributed by atoms with Crippen LogP contribution in [0.3, 0.4) is 0 Å². The van der Waals surface area contributed by atoms with E-state index in [2.05, 4.69) is 0 Å². The quantitative estimate of drug-likeness (QED) is 0.837. The molecule has 7 nitrogen and oxygen atoms in total. The van der Waals surface area contributed by atoms with Crippen molar-refractivity contribution in [3.05, 3.63) is 29.8 Å². The number of hydrogen-bond acceptors (Lipinski definition) is 4. The Balaban J connectivity index is 1.83. The number of aliphatic carboxylic acids is 1. The molecular formula is C18H22N2O5. The summed E-state index contributed by atoms with van der Waals surface area (Å²) < 4.78 is 5.24. The van der Waals surface area contributed by atoms with Gasteiger partial charge in [0.1, 0.15) is 11.8 Å². The maximum atomic E-state index is 13.0. The normalized spacial score (nSPS) is 25.3. The number of carbonyl (C=O) groups excluding carboxylic acids is 2. The van der Waals surface area contributed by atoms with Gasteiger partial charge in [-0.05, 0) is 43.4 Å². The van der Waals surface area contributed by atoms with Crippen LogP contribution in [-0.2, 0) is 9.59 Å². The van der Waals surface area contributed by atoms with Crippen LogP contribution in [0.5, 0.6) is 5.75 Å². The predicted molar refractivity (Wildman–Crippen MR) is 89.1 cm³/mol. The fraction of sp³-hybridized carbons (Fsp3) is 0.500. The number of nitrogens with zero attached hydrogens (tertiary/aromatic N) is 1. The molecule has 1 heterocycles. The molecule has 0 bridgehead atoms. The summed E-state index contributed by atoms with van der Waals surface area (Å²) in [6.07, 6.45) is 4.44. The topological polar surface area (TPSA) is 110 Å². The molecule has 2 amide bonds. The number of rotatable bonds is 5. The number of carboxylic acids is 1. The highest BCUT2D eigenvalue weighted by Crippen LogP contribution is 2.40. The molecular weight excluding hydrogens is 324 g/mol. The summed E-state index contributed by atoms with van der Waals surface area (Å²) in [5.74, 6) is -1.24. The van der Waals surface area contributed by atoms with Crippen LogP contribution < -0.4 is 10.5 Å². The van der Waals surface area contributed by atoms with Gasteiger partial charge >= 0.3 is 5.97 Å². The van der Waals surface area contributed by atoms with Crippen LogP contribution in [0.4, 0.5) is 0 Å². The first-order valence-electron chi connectivity index (χ1n) is 8.54. The van der Waals surface area contributed by atoms with Gasteiger partial charge in [-0.3, -0.25) is 9.59 Å². The molecule has 1 saturated heterocycles. The Morgan fingerprint density at radius 2 is 2.00 bits per heavy atom. The number of nitrogens with two attached hydrogens (primary N) is 1. The monoisotopic (exact) mass is 346 g/mol. The van der Waals surface area contributed by atoms with E-state index in [1.54, 1.807) is 23.1 Å².